The lowest BCUT2D eigenvalue weighted by molar-refractivity contribution is 0.603. The lowest BCUT2D eigenvalue weighted by atomic mass is 10.0. The van der Waals surface area contributed by atoms with Gasteiger partial charge < -0.3 is 9.88 Å². The summed E-state index contributed by atoms with van der Waals surface area (Å²) in [7, 11) is 0. The van der Waals surface area contributed by atoms with E-state index in [0.717, 1.165) is 31.7 Å². The highest BCUT2D eigenvalue weighted by molar-refractivity contribution is 7.99. The largest absolute Gasteiger partial charge is 0.337 e. The first-order valence-electron chi connectivity index (χ1n) is 7.30. The lowest BCUT2D eigenvalue weighted by Crippen LogP contribution is -2.14. The zero-order valence-electron chi connectivity index (χ0n) is 11.9. The number of imidazole rings is 1. The minimum absolute atomic E-state index is 0.613. The first-order chi connectivity index (χ1) is 9.86. The van der Waals surface area contributed by atoms with Crippen molar-refractivity contribution in [3.8, 4) is 0 Å². The molecule has 0 aliphatic carbocycles. The molecule has 0 saturated carbocycles. The Morgan fingerprint density at radius 2 is 2.30 bits per heavy atom. The molecule has 2 aromatic rings. The first kappa shape index (κ1) is 13.7. The molecule has 0 fully saturated rings. The third-order valence-electron chi connectivity index (χ3n) is 3.65. The highest BCUT2D eigenvalue weighted by atomic mass is 32.2. The van der Waals surface area contributed by atoms with Gasteiger partial charge in [-0.1, -0.05) is 25.1 Å². The van der Waals surface area contributed by atoms with E-state index < -0.39 is 0 Å². The van der Waals surface area contributed by atoms with Crippen LogP contribution in [0.4, 0.5) is 0 Å². The van der Waals surface area contributed by atoms with Crippen LogP contribution in [0.25, 0.3) is 0 Å². The molecule has 0 saturated heterocycles. The van der Waals surface area contributed by atoms with Gasteiger partial charge in [0.2, 0.25) is 0 Å². The Morgan fingerprint density at radius 3 is 3.20 bits per heavy atom. The molecule has 1 aromatic heterocycles. The predicted octanol–water partition coefficient (Wildman–Crippen LogP) is 3.27. The Morgan fingerprint density at radius 1 is 1.40 bits per heavy atom. The molecule has 0 spiro atoms. The van der Waals surface area contributed by atoms with Crippen LogP contribution in [0.3, 0.4) is 0 Å². The van der Waals surface area contributed by atoms with Crippen LogP contribution in [0.1, 0.15) is 30.5 Å². The van der Waals surface area contributed by atoms with Crippen LogP contribution >= 0.6 is 11.8 Å². The summed E-state index contributed by atoms with van der Waals surface area (Å²) < 4.78 is 2.23. The van der Waals surface area contributed by atoms with Crippen LogP contribution in [0, 0.1) is 0 Å². The molecule has 0 amide bonds. The van der Waals surface area contributed by atoms with Gasteiger partial charge in [-0.3, -0.25) is 0 Å². The summed E-state index contributed by atoms with van der Waals surface area (Å²) in [6, 6.07) is 8.77. The van der Waals surface area contributed by atoms with Gasteiger partial charge in [-0.25, -0.2) is 4.98 Å². The van der Waals surface area contributed by atoms with Gasteiger partial charge in [-0.15, -0.1) is 11.8 Å². The van der Waals surface area contributed by atoms with E-state index in [1.807, 2.05) is 18.1 Å². The molecule has 1 aliphatic rings. The minimum atomic E-state index is 0.613. The number of rotatable bonds is 6. The molecular weight excluding hydrogens is 266 g/mol. The monoisotopic (exact) mass is 287 g/mol. The van der Waals surface area contributed by atoms with E-state index in [9.17, 15) is 0 Å². The molecule has 20 heavy (non-hydrogen) atoms. The molecule has 106 valence electrons. The molecule has 1 unspecified atom stereocenters. The van der Waals surface area contributed by atoms with Gasteiger partial charge in [-0.05, 0) is 24.6 Å². The zero-order chi connectivity index (χ0) is 13.8. The fourth-order valence-electron chi connectivity index (χ4n) is 2.63. The third-order valence-corrected chi connectivity index (χ3v) is 4.90. The van der Waals surface area contributed by atoms with E-state index in [1.54, 1.807) is 0 Å². The van der Waals surface area contributed by atoms with Crippen LogP contribution in [-0.4, -0.2) is 21.8 Å². The third kappa shape index (κ3) is 3.07. The average Bonchev–Trinajstić information content (AvgIpc) is 3.08. The van der Waals surface area contributed by atoms with Crippen LogP contribution < -0.4 is 5.32 Å². The summed E-state index contributed by atoms with van der Waals surface area (Å²) in [4.78, 5) is 5.93. The van der Waals surface area contributed by atoms with Crippen molar-refractivity contribution < 1.29 is 0 Å². The Kier molecular flexibility index (Phi) is 4.43. The number of aromatic nitrogens is 2. The van der Waals surface area contributed by atoms with E-state index in [0.29, 0.717) is 5.92 Å². The second kappa shape index (κ2) is 6.46. The summed E-state index contributed by atoms with van der Waals surface area (Å²) in [6.45, 7) is 5.14. The Bertz CT molecular complexity index is 564. The van der Waals surface area contributed by atoms with Gasteiger partial charge in [0.15, 0.2) is 0 Å². The number of nitrogens with zero attached hydrogens (tertiary/aromatic N) is 2. The average molecular weight is 287 g/mol. The van der Waals surface area contributed by atoms with E-state index in [1.165, 1.54) is 16.2 Å². The van der Waals surface area contributed by atoms with Gasteiger partial charge in [0, 0.05) is 35.9 Å². The number of thioether (sulfide) groups is 1. The van der Waals surface area contributed by atoms with Crippen LogP contribution in [0.5, 0.6) is 0 Å². The molecular formula is C16H21N3S. The second-order valence-corrected chi connectivity index (χ2v) is 6.35. The number of hydrogen-bond acceptors (Lipinski definition) is 3. The van der Waals surface area contributed by atoms with Gasteiger partial charge >= 0.3 is 0 Å². The van der Waals surface area contributed by atoms with E-state index >= 15 is 0 Å². The van der Waals surface area contributed by atoms with Gasteiger partial charge in [0.1, 0.15) is 0 Å². The standard InChI is InChI=1S/C16H21N3S/c1-2-7-17-8-14-10-19(12-18-14)9-13-11-20-16-6-4-3-5-15(13)16/h3-6,10,12-13,17H,2,7-9,11H2,1H3. The van der Waals surface area contributed by atoms with Crippen molar-refractivity contribution in [3.05, 3.63) is 48.0 Å². The van der Waals surface area contributed by atoms with Crippen molar-refractivity contribution in [1.82, 2.24) is 14.9 Å². The smallest absolute Gasteiger partial charge is 0.0950 e. The van der Waals surface area contributed by atoms with Crippen molar-refractivity contribution in [2.24, 2.45) is 0 Å². The lowest BCUT2D eigenvalue weighted by Gasteiger charge is -2.11. The molecule has 2 heterocycles. The van der Waals surface area contributed by atoms with Crippen molar-refractivity contribution in [1.29, 1.82) is 0 Å². The summed E-state index contributed by atoms with van der Waals surface area (Å²) in [5.74, 6) is 1.79. The molecule has 1 aromatic carbocycles. The van der Waals surface area contributed by atoms with E-state index in [-0.39, 0.29) is 0 Å². The summed E-state index contributed by atoms with van der Waals surface area (Å²) in [6.07, 6.45) is 5.31. The molecule has 3 rings (SSSR count). The van der Waals surface area contributed by atoms with Gasteiger partial charge in [-0.2, -0.15) is 0 Å². The van der Waals surface area contributed by atoms with Crippen molar-refractivity contribution in [3.63, 3.8) is 0 Å². The maximum absolute atomic E-state index is 4.48. The maximum Gasteiger partial charge on any atom is 0.0950 e. The van der Waals surface area contributed by atoms with Crippen molar-refractivity contribution >= 4 is 11.8 Å². The predicted molar refractivity (Wildman–Crippen MR) is 84.1 cm³/mol. The Labute approximate surface area is 124 Å². The Hall–Kier alpha value is -1.26. The molecule has 1 atom stereocenters. The van der Waals surface area contributed by atoms with Crippen LogP contribution in [0.2, 0.25) is 0 Å². The fourth-order valence-corrected chi connectivity index (χ4v) is 3.87. The number of nitrogens with one attached hydrogen (secondary N) is 1. The highest BCUT2D eigenvalue weighted by Crippen LogP contribution is 2.39. The molecule has 3 nitrogen and oxygen atoms in total. The fraction of sp³-hybridized carbons (Fsp3) is 0.438. The Balaban J connectivity index is 1.62. The number of benzene rings is 1. The van der Waals surface area contributed by atoms with Gasteiger partial charge in [0.25, 0.3) is 0 Å². The molecule has 4 heteroatoms. The highest BCUT2D eigenvalue weighted by Gasteiger charge is 2.22. The second-order valence-electron chi connectivity index (χ2n) is 5.28. The normalized spacial score (nSPS) is 17.4. The van der Waals surface area contributed by atoms with E-state index in [4.69, 9.17) is 0 Å². The SMILES string of the molecule is CCCNCc1cn(CC2CSc3ccccc32)cn1. The van der Waals surface area contributed by atoms with Crippen LogP contribution in [-0.2, 0) is 13.1 Å². The topological polar surface area (TPSA) is 29.9 Å². The molecule has 0 bridgehead atoms. The van der Waals surface area contributed by atoms with Crippen molar-refractivity contribution in [2.45, 2.75) is 37.2 Å². The number of fused-ring (bicyclic) bond motifs is 1. The first-order valence-corrected chi connectivity index (χ1v) is 8.28. The maximum atomic E-state index is 4.48. The quantitative estimate of drug-likeness (QED) is 0.827. The molecule has 1 N–H and O–H groups in total. The molecule has 1 aliphatic heterocycles. The molecule has 0 radical (unpaired) electrons. The van der Waals surface area contributed by atoms with Gasteiger partial charge in [0.05, 0.1) is 12.0 Å². The zero-order valence-corrected chi connectivity index (χ0v) is 12.7. The minimum Gasteiger partial charge on any atom is -0.337 e. The van der Waals surface area contributed by atoms with Crippen LogP contribution in [0.15, 0.2) is 41.7 Å². The number of hydrogen-bond donors (Lipinski definition) is 1. The van der Waals surface area contributed by atoms with E-state index in [2.05, 4.69) is 52.3 Å². The summed E-state index contributed by atoms with van der Waals surface area (Å²) in [5.41, 5.74) is 2.63. The summed E-state index contributed by atoms with van der Waals surface area (Å²) in [5, 5.41) is 3.39. The van der Waals surface area contributed by atoms with Crippen molar-refractivity contribution in [2.75, 3.05) is 12.3 Å². The summed E-state index contributed by atoms with van der Waals surface area (Å²) >= 11 is 1.97.